The van der Waals surface area contributed by atoms with E-state index in [0.29, 0.717) is 0 Å². The normalized spacial score (nSPS) is 14.7. The molecule has 0 N–H and O–H groups in total. The Morgan fingerprint density at radius 2 is 0.782 bits per heavy atom. The molecule has 0 amide bonds. The molecule has 0 fully saturated rings. The maximum Gasteiger partial charge on any atom is 0.0726 e. The van der Waals surface area contributed by atoms with Gasteiger partial charge in [-0.25, -0.2) is 0 Å². The van der Waals surface area contributed by atoms with Gasteiger partial charge < -0.3 is 9.47 Å². The molecule has 2 heteroatoms. The molecule has 1 spiro atoms. The van der Waals surface area contributed by atoms with Crippen LogP contribution in [-0.4, -0.2) is 4.57 Å². The number of hydrogen-bond acceptors (Lipinski definition) is 1. The maximum atomic E-state index is 2.51. The van der Waals surface area contributed by atoms with Crippen molar-refractivity contribution >= 4 is 38.9 Å². The third kappa shape index (κ3) is 3.84. The highest BCUT2D eigenvalue weighted by Crippen LogP contribution is 2.63. The first-order chi connectivity index (χ1) is 27.0. The van der Waals surface area contributed by atoms with Crippen LogP contribution in [0.3, 0.4) is 0 Å². The van der Waals surface area contributed by atoms with E-state index in [-0.39, 0.29) is 5.41 Å². The van der Waals surface area contributed by atoms with Crippen molar-refractivity contribution in [2.24, 2.45) is 7.05 Å². The van der Waals surface area contributed by atoms with Gasteiger partial charge in [0.25, 0.3) is 0 Å². The van der Waals surface area contributed by atoms with Crippen LogP contribution in [0.1, 0.15) is 47.2 Å². The van der Waals surface area contributed by atoms with Crippen molar-refractivity contribution in [2.45, 2.75) is 24.7 Å². The monoisotopic (exact) mass is 702 g/mol. The van der Waals surface area contributed by atoms with Gasteiger partial charge in [0.1, 0.15) is 0 Å². The van der Waals surface area contributed by atoms with Gasteiger partial charge in [0, 0.05) is 51.3 Å². The minimum atomic E-state index is -0.415. The Kier molecular flexibility index (Phi) is 6.01. The van der Waals surface area contributed by atoms with Crippen LogP contribution >= 0.6 is 0 Å². The standard InChI is InChI=1S/C53H38N2/c1-52(2)44-19-9-4-14-36(44)40-27-24-34(31-48(40)52)55(33-26-29-51-43(30-33)42-18-8-13-23-50(42)54(51)3)35-25-28-41-39-17-7-12-22-47(39)53(49(41)32-35)45-20-10-5-15-37(45)38-16-6-11-21-46(38)53/h4-32H,1-3H3. The second-order valence-electron chi connectivity index (χ2n) is 16.1. The van der Waals surface area contributed by atoms with Gasteiger partial charge >= 0.3 is 0 Å². The predicted octanol–water partition coefficient (Wildman–Crippen LogP) is 13.5. The number of aryl methyl sites for hydroxylation is 1. The Labute approximate surface area is 321 Å². The van der Waals surface area contributed by atoms with Crippen LogP contribution in [0.4, 0.5) is 17.1 Å². The Morgan fingerprint density at radius 1 is 0.364 bits per heavy atom. The smallest absolute Gasteiger partial charge is 0.0726 e. The fraction of sp³-hybridized carbons (Fsp3) is 0.0943. The zero-order chi connectivity index (χ0) is 36.6. The Hall–Kier alpha value is -6.64. The highest BCUT2D eigenvalue weighted by molar-refractivity contribution is 6.09. The van der Waals surface area contributed by atoms with E-state index in [1.807, 2.05) is 0 Å². The van der Waals surface area contributed by atoms with Gasteiger partial charge in [-0.1, -0.05) is 141 Å². The first-order valence-corrected chi connectivity index (χ1v) is 19.4. The molecule has 1 heterocycles. The summed E-state index contributed by atoms with van der Waals surface area (Å²) in [6, 6.07) is 66.3. The molecule has 3 aliphatic carbocycles. The molecular formula is C53H38N2. The Bertz CT molecular complexity index is 3040. The summed E-state index contributed by atoms with van der Waals surface area (Å²) in [7, 11) is 2.18. The molecule has 1 aromatic heterocycles. The summed E-state index contributed by atoms with van der Waals surface area (Å²) >= 11 is 0. The molecule has 55 heavy (non-hydrogen) atoms. The summed E-state index contributed by atoms with van der Waals surface area (Å²) in [5.41, 5.74) is 21.5. The van der Waals surface area contributed by atoms with Crippen LogP contribution in [0.5, 0.6) is 0 Å². The number of hydrogen-bond donors (Lipinski definition) is 0. The molecule has 0 unspecified atom stereocenters. The van der Waals surface area contributed by atoms with Gasteiger partial charge in [0.15, 0.2) is 0 Å². The van der Waals surface area contributed by atoms with E-state index in [1.54, 1.807) is 0 Å². The average Bonchev–Trinajstić information content (AvgIpc) is 3.88. The Morgan fingerprint density at radius 3 is 1.40 bits per heavy atom. The van der Waals surface area contributed by atoms with Crippen LogP contribution in [-0.2, 0) is 17.9 Å². The minimum absolute atomic E-state index is 0.117. The number of aromatic nitrogens is 1. The SMILES string of the molecule is Cn1c2ccccc2c2cc(N(c3ccc4c(c3)C(C)(C)c3ccccc3-4)c3ccc4c(c3)C3(c5ccccc5-c5ccccc53)c3ccccc3-4)ccc21. The first kappa shape index (κ1) is 30.8. The highest BCUT2D eigenvalue weighted by Gasteiger charge is 2.51. The number of fused-ring (bicyclic) bond motifs is 16. The van der Waals surface area contributed by atoms with Crippen LogP contribution < -0.4 is 4.90 Å². The fourth-order valence-electron chi connectivity index (χ4n) is 10.8. The molecule has 8 aromatic carbocycles. The molecule has 260 valence electrons. The number of benzene rings is 8. The van der Waals surface area contributed by atoms with Crippen LogP contribution in [0.25, 0.3) is 55.2 Å². The Balaban J connectivity index is 1.14. The molecule has 0 aliphatic heterocycles. The molecule has 2 nitrogen and oxygen atoms in total. The zero-order valence-electron chi connectivity index (χ0n) is 31.1. The largest absolute Gasteiger partial charge is 0.344 e. The van der Waals surface area contributed by atoms with E-state index >= 15 is 0 Å². The highest BCUT2D eigenvalue weighted by atomic mass is 15.1. The fourth-order valence-corrected chi connectivity index (χ4v) is 10.8. The minimum Gasteiger partial charge on any atom is -0.344 e. The molecule has 3 aliphatic rings. The molecule has 9 aromatic rings. The summed E-state index contributed by atoms with van der Waals surface area (Å²) in [6.07, 6.45) is 0. The van der Waals surface area contributed by atoms with Crippen LogP contribution in [0.2, 0.25) is 0 Å². The first-order valence-electron chi connectivity index (χ1n) is 19.4. The number of rotatable bonds is 3. The summed E-state index contributed by atoms with van der Waals surface area (Å²) in [4.78, 5) is 2.50. The van der Waals surface area contributed by atoms with Crippen molar-refractivity contribution in [3.63, 3.8) is 0 Å². The summed E-state index contributed by atoms with van der Waals surface area (Å²) in [6.45, 7) is 4.75. The lowest BCUT2D eigenvalue weighted by molar-refractivity contribution is 0.660. The van der Waals surface area contributed by atoms with Gasteiger partial charge in [-0.3, -0.25) is 0 Å². The van der Waals surface area contributed by atoms with Crippen molar-refractivity contribution in [1.82, 2.24) is 4.57 Å². The van der Waals surface area contributed by atoms with E-state index in [0.717, 1.165) is 17.1 Å². The molecule has 0 saturated heterocycles. The molecular weight excluding hydrogens is 665 g/mol. The van der Waals surface area contributed by atoms with Crippen molar-refractivity contribution < 1.29 is 0 Å². The summed E-state index contributed by atoms with van der Waals surface area (Å²) in [5, 5.41) is 2.54. The number of nitrogens with zero attached hydrogens (tertiary/aromatic N) is 2. The van der Waals surface area contributed by atoms with Gasteiger partial charge in [0.2, 0.25) is 0 Å². The second-order valence-corrected chi connectivity index (χ2v) is 16.1. The van der Waals surface area contributed by atoms with Crippen molar-refractivity contribution in [2.75, 3.05) is 4.90 Å². The molecule has 12 rings (SSSR count). The van der Waals surface area contributed by atoms with Gasteiger partial charge in [-0.15, -0.1) is 0 Å². The number of para-hydroxylation sites is 1. The maximum absolute atomic E-state index is 2.51. The predicted molar refractivity (Wildman–Crippen MR) is 229 cm³/mol. The quantitative estimate of drug-likeness (QED) is 0.178. The third-order valence-corrected chi connectivity index (χ3v) is 13.2. The third-order valence-electron chi connectivity index (χ3n) is 13.2. The van der Waals surface area contributed by atoms with E-state index in [2.05, 4.69) is 206 Å². The van der Waals surface area contributed by atoms with Gasteiger partial charge in [0.05, 0.1) is 5.41 Å². The summed E-state index contributed by atoms with van der Waals surface area (Å²) < 4.78 is 2.32. The lowest BCUT2D eigenvalue weighted by atomic mass is 9.70. The molecule has 0 atom stereocenters. The van der Waals surface area contributed by atoms with E-state index in [4.69, 9.17) is 0 Å². The van der Waals surface area contributed by atoms with Crippen molar-refractivity contribution in [1.29, 1.82) is 0 Å². The number of anilines is 3. The lowest BCUT2D eigenvalue weighted by Crippen LogP contribution is -2.26. The van der Waals surface area contributed by atoms with E-state index in [9.17, 15) is 0 Å². The molecule has 0 radical (unpaired) electrons. The van der Waals surface area contributed by atoms with E-state index in [1.165, 1.54) is 88.6 Å². The van der Waals surface area contributed by atoms with Crippen LogP contribution in [0.15, 0.2) is 176 Å². The second kappa shape index (κ2) is 10.7. The van der Waals surface area contributed by atoms with Crippen LogP contribution in [0, 0.1) is 0 Å². The molecule has 0 bridgehead atoms. The molecule has 0 saturated carbocycles. The van der Waals surface area contributed by atoms with Crippen molar-refractivity contribution in [3.05, 3.63) is 209 Å². The van der Waals surface area contributed by atoms with Gasteiger partial charge in [-0.05, 0) is 115 Å². The van der Waals surface area contributed by atoms with Gasteiger partial charge in [-0.2, -0.15) is 0 Å². The topological polar surface area (TPSA) is 8.17 Å². The zero-order valence-corrected chi connectivity index (χ0v) is 31.1. The summed E-state index contributed by atoms with van der Waals surface area (Å²) in [5.74, 6) is 0. The van der Waals surface area contributed by atoms with E-state index < -0.39 is 5.41 Å². The lowest BCUT2D eigenvalue weighted by Gasteiger charge is -2.32. The average molecular weight is 703 g/mol. The van der Waals surface area contributed by atoms with Crippen molar-refractivity contribution in [3.8, 4) is 33.4 Å².